The van der Waals surface area contributed by atoms with Crippen molar-refractivity contribution in [3.05, 3.63) is 47.8 Å². The van der Waals surface area contributed by atoms with E-state index in [9.17, 15) is 0 Å². The summed E-state index contributed by atoms with van der Waals surface area (Å²) in [4.78, 5) is 11.0. The fourth-order valence-electron chi connectivity index (χ4n) is 2.56. The van der Waals surface area contributed by atoms with Crippen LogP contribution in [0.2, 0.25) is 0 Å². The second-order valence-electron chi connectivity index (χ2n) is 5.24. The lowest BCUT2D eigenvalue weighted by Crippen LogP contribution is -2.19. The zero-order valence-electron chi connectivity index (χ0n) is 11.8. The molecule has 4 heteroatoms. The van der Waals surface area contributed by atoms with Gasteiger partial charge in [0.15, 0.2) is 0 Å². The molecule has 0 radical (unpaired) electrons. The molecular weight excluding hydrogens is 248 g/mol. The van der Waals surface area contributed by atoms with Crippen LogP contribution in [0.15, 0.2) is 36.7 Å². The second kappa shape index (κ2) is 5.90. The summed E-state index contributed by atoms with van der Waals surface area (Å²) in [7, 11) is 0. The lowest BCUT2D eigenvalue weighted by molar-refractivity contribution is 0.925. The van der Waals surface area contributed by atoms with Gasteiger partial charge in [0.2, 0.25) is 0 Å². The van der Waals surface area contributed by atoms with Gasteiger partial charge in [-0.25, -0.2) is 9.97 Å². The zero-order valence-corrected chi connectivity index (χ0v) is 11.8. The summed E-state index contributed by atoms with van der Waals surface area (Å²) in [6.07, 6.45) is 4.17. The average molecular weight is 268 g/mol. The normalized spacial score (nSPS) is 14.6. The fourth-order valence-corrected chi connectivity index (χ4v) is 2.56. The van der Waals surface area contributed by atoms with Crippen molar-refractivity contribution in [3.8, 4) is 0 Å². The van der Waals surface area contributed by atoms with Crippen LogP contribution in [0.25, 0.3) is 0 Å². The van der Waals surface area contributed by atoms with Crippen LogP contribution in [-0.4, -0.2) is 23.1 Å². The maximum absolute atomic E-state index is 4.37. The lowest BCUT2D eigenvalue weighted by Gasteiger charge is -2.16. The molecule has 1 aliphatic rings. The first-order valence-corrected chi connectivity index (χ1v) is 7.18. The van der Waals surface area contributed by atoms with Crippen LogP contribution in [0.1, 0.15) is 24.0 Å². The van der Waals surface area contributed by atoms with Crippen LogP contribution in [-0.2, 0) is 6.54 Å². The number of hydrogen-bond donors (Lipinski definition) is 1. The molecule has 1 saturated heterocycles. The summed E-state index contributed by atoms with van der Waals surface area (Å²) in [5.41, 5.74) is 2.60. The molecule has 4 nitrogen and oxygen atoms in total. The summed E-state index contributed by atoms with van der Waals surface area (Å²) in [5, 5.41) is 3.39. The Morgan fingerprint density at radius 1 is 1.15 bits per heavy atom. The average Bonchev–Trinajstić information content (AvgIpc) is 3.01. The SMILES string of the molecule is Cc1ccccc1CNc1cc(N2CCCC2)ncn1. The van der Waals surface area contributed by atoms with E-state index >= 15 is 0 Å². The Hall–Kier alpha value is -2.10. The van der Waals surface area contributed by atoms with Crippen molar-refractivity contribution in [2.45, 2.75) is 26.3 Å². The number of aryl methyl sites for hydroxylation is 1. The monoisotopic (exact) mass is 268 g/mol. The van der Waals surface area contributed by atoms with Gasteiger partial charge in [0.25, 0.3) is 0 Å². The largest absolute Gasteiger partial charge is 0.366 e. The Morgan fingerprint density at radius 3 is 2.75 bits per heavy atom. The van der Waals surface area contributed by atoms with E-state index in [1.165, 1.54) is 24.0 Å². The number of nitrogens with zero attached hydrogens (tertiary/aromatic N) is 3. The summed E-state index contributed by atoms with van der Waals surface area (Å²) in [5.74, 6) is 1.93. The Bertz CT molecular complexity index is 576. The van der Waals surface area contributed by atoms with Crippen molar-refractivity contribution < 1.29 is 0 Å². The third-order valence-electron chi connectivity index (χ3n) is 3.80. The van der Waals surface area contributed by atoms with Gasteiger partial charge in [0.1, 0.15) is 18.0 Å². The highest BCUT2D eigenvalue weighted by Gasteiger charge is 2.13. The Labute approximate surface area is 119 Å². The number of nitrogens with one attached hydrogen (secondary N) is 1. The van der Waals surface area contributed by atoms with Crippen LogP contribution in [0.4, 0.5) is 11.6 Å². The molecule has 20 heavy (non-hydrogen) atoms. The third-order valence-corrected chi connectivity index (χ3v) is 3.80. The van der Waals surface area contributed by atoms with Crippen molar-refractivity contribution >= 4 is 11.6 Å². The van der Waals surface area contributed by atoms with Gasteiger partial charge in [-0.3, -0.25) is 0 Å². The molecule has 0 saturated carbocycles. The molecule has 2 heterocycles. The van der Waals surface area contributed by atoms with Crippen LogP contribution in [0.3, 0.4) is 0 Å². The van der Waals surface area contributed by atoms with Gasteiger partial charge in [-0.1, -0.05) is 24.3 Å². The van der Waals surface area contributed by atoms with Gasteiger partial charge in [-0.2, -0.15) is 0 Å². The number of aromatic nitrogens is 2. The van der Waals surface area contributed by atoms with Crippen molar-refractivity contribution in [2.24, 2.45) is 0 Å². The minimum atomic E-state index is 0.795. The Morgan fingerprint density at radius 2 is 1.95 bits per heavy atom. The minimum absolute atomic E-state index is 0.795. The van der Waals surface area contributed by atoms with Crippen LogP contribution in [0, 0.1) is 6.92 Å². The van der Waals surface area contributed by atoms with Crippen LogP contribution < -0.4 is 10.2 Å². The van der Waals surface area contributed by atoms with Gasteiger partial charge < -0.3 is 10.2 Å². The number of benzene rings is 1. The van der Waals surface area contributed by atoms with Gasteiger partial charge >= 0.3 is 0 Å². The molecule has 1 fully saturated rings. The van der Waals surface area contributed by atoms with Crippen molar-refractivity contribution in [2.75, 3.05) is 23.3 Å². The summed E-state index contributed by atoms with van der Waals surface area (Å²) >= 11 is 0. The van der Waals surface area contributed by atoms with Gasteiger partial charge in [-0.15, -0.1) is 0 Å². The number of anilines is 2. The van der Waals surface area contributed by atoms with Gasteiger partial charge in [0.05, 0.1) is 0 Å². The molecule has 0 spiro atoms. The highest BCUT2D eigenvalue weighted by molar-refractivity contribution is 5.49. The first-order valence-electron chi connectivity index (χ1n) is 7.18. The van der Waals surface area contributed by atoms with Gasteiger partial charge in [0, 0.05) is 25.7 Å². The van der Waals surface area contributed by atoms with Crippen molar-refractivity contribution in [1.29, 1.82) is 0 Å². The predicted octanol–water partition coefficient (Wildman–Crippen LogP) is 3.00. The molecular formula is C16H20N4. The molecule has 104 valence electrons. The minimum Gasteiger partial charge on any atom is -0.366 e. The summed E-state index contributed by atoms with van der Waals surface area (Å²) in [6, 6.07) is 10.5. The Kier molecular flexibility index (Phi) is 3.81. The smallest absolute Gasteiger partial charge is 0.134 e. The quantitative estimate of drug-likeness (QED) is 0.925. The molecule has 1 aromatic heterocycles. The number of rotatable bonds is 4. The second-order valence-corrected chi connectivity index (χ2v) is 5.24. The van der Waals surface area contributed by atoms with Crippen molar-refractivity contribution in [1.82, 2.24) is 9.97 Å². The molecule has 0 unspecified atom stereocenters. The van der Waals surface area contributed by atoms with Crippen LogP contribution >= 0.6 is 0 Å². The molecule has 1 N–H and O–H groups in total. The van der Waals surface area contributed by atoms with E-state index in [2.05, 4.69) is 51.4 Å². The van der Waals surface area contributed by atoms with E-state index in [1.54, 1.807) is 6.33 Å². The first-order chi connectivity index (χ1) is 9.83. The molecule has 0 amide bonds. The third kappa shape index (κ3) is 2.90. The molecule has 0 aliphatic carbocycles. The van der Waals surface area contributed by atoms with E-state index in [0.717, 1.165) is 31.3 Å². The topological polar surface area (TPSA) is 41.0 Å². The van der Waals surface area contributed by atoms with E-state index in [4.69, 9.17) is 0 Å². The standard InChI is InChI=1S/C16H20N4/c1-13-6-2-3-7-14(13)11-17-15-10-16(19-12-18-15)20-8-4-5-9-20/h2-3,6-7,10,12H,4-5,8-9,11H2,1H3,(H,17,18,19). The first kappa shape index (κ1) is 12.9. The van der Waals surface area contributed by atoms with E-state index in [-0.39, 0.29) is 0 Å². The highest BCUT2D eigenvalue weighted by Crippen LogP contribution is 2.19. The Balaban J connectivity index is 1.68. The fraction of sp³-hybridized carbons (Fsp3) is 0.375. The molecule has 3 rings (SSSR count). The maximum Gasteiger partial charge on any atom is 0.134 e. The summed E-state index contributed by atoms with van der Waals surface area (Å²) < 4.78 is 0. The van der Waals surface area contributed by atoms with E-state index in [1.807, 2.05) is 6.07 Å². The zero-order chi connectivity index (χ0) is 13.8. The van der Waals surface area contributed by atoms with E-state index < -0.39 is 0 Å². The molecule has 1 aromatic carbocycles. The predicted molar refractivity (Wildman–Crippen MR) is 82.0 cm³/mol. The maximum atomic E-state index is 4.37. The molecule has 0 bridgehead atoms. The van der Waals surface area contributed by atoms with E-state index in [0.29, 0.717) is 0 Å². The van der Waals surface area contributed by atoms with Crippen LogP contribution in [0.5, 0.6) is 0 Å². The molecule has 2 aromatic rings. The summed E-state index contributed by atoms with van der Waals surface area (Å²) in [6.45, 7) is 5.14. The highest BCUT2D eigenvalue weighted by atomic mass is 15.2. The molecule has 0 atom stereocenters. The molecule has 1 aliphatic heterocycles. The van der Waals surface area contributed by atoms with Gasteiger partial charge in [-0.05, 0) is 30.9 Å². The lowest BCUT2D eigenvalue weighted by atomic mass is 10.1. The number of hydrogen-bond acceptors (Lipinski definition) is 4. The van der Waals surface area contributed by atoms with Crippen molar-refractivity contribution in [3.63, 3.8) is 0 Å².